The van der Waals surface area contributed by atoms with Crippen molar-refractivity contribution >= 4 is 16.8 Å². The van der Waals surface area contributed by atoms with Gasteiger partial charge in [0.15, 0.2) is 0 Å². The number of nitrogens with one attached hydrogen (secondary N) is 1. The standard InChI is InChI=1S/C22H20F4N2O2/c1-30-15-3-5-20-16(11-15)17(12-27-20)13-6-8-28(9-7-13)21(29)14-2-4-19(23)18(10-14)22(24,25)26/h2-5,10-13,27H,6-9H2,1H3. The van der Waals surface area contributed by atoms with Crippen LogP contribution >= 0.6 is 0 Å². The van der Waals surface area contributed by atoms with Crippen molar-refractivity contribution in [2.75, 3.05) is 20.2 Å². The summed E-state index contributed by atoms with van der Waals surface area (Å²) in [5.74, 6) is -0.923. The van der Waals surface area contributed by atoms with Crippen LogP contribution in [0.4, 0.5) is 17.6 Å². The second-order valence-electron chi connectivity index (χ2n) is 7.41. The van der Waals surface area contributed by atoms with E-state index in [0.717, 1.165) is 28.3 Å². The van der Waals surface area contributed by atoms with E-state index in [-0.39, 0.29) is 11.5 Å². The molecule has 158 valence electrons. The van der Waals surface area contributed by atoms with Crippen molar-refractivity contribution in [2.24, 2.45) is 0 Å². The average Bonchev–Trinajstić information content (AvgIpc) is 3.16. The van der Waals surface area contributed by atoms with Crippen molar-refractivity contribution in [1.29, 1.82) is 0 Å². The Hall–Kier alpha value is -3.03. The number of methoxy groups -OCH3 is 1. The summed E-state index contributed by atoms with van der Waals surface area (Å²) in [7, 11) is 1.61. The van der Waals surface area contributed by atoms with Gasteiger partial charge >= 0.3 is 6.18 Å². The molecular formula is C22H20F4N2O2. The summed E-state index contributed by atoms with van der Waals surface area (Å²) in [6.07, 6.45) is -1.52. The monoisotopic (exact) mass is 420 g/mol. The minimum atomic E-state index is -4.84. The third kappa shape index (κ3) is 3.74. The Bertz CT molecular complexity index is 1080. The predicted octanol–water partition coefficient (Wildman–Crippen LogP) is 5.35. The van der Waals surface area contributed by atoms with Crippen molar-refractivity contribution in [1.82, 2.24) is 9.88 Å². The number of fused-ring (bicyclic) bond motifs is 1. The highest BCUT2D eigenvalue weighted by Crippen LogP contribution is 2.36. The fourth-order valence-corrected chi connectivity index (χ4v) is 4.04. The van der Waals surface area contributed by atoms with Crippen molar-refractivity contribution in [3.63, 3.8) is 0 Å². The Morgan fingerprint density at radius 1 is 1.13 bits per heavy atom. The number of amides is 1. The summed E-state index contributed by atoms with van der Waals surface area (Å²) in [4.78, 5) is 17.5. The summed E-state index contributed by atoms with van der Waals surface area (Å²) in [6.45, 7) is 0.831. The first-order valence-corrected chi connectivity index (χ1v) is 9.59. The number of carbonyl (C=O) groups is 1. The molecule has 8 heteroatoms. The van der Waals surface area contributed by atoms with Gasteiger partial charge in [0.05, 0.1) is 12.7 Å². The molecule has 0 atom stereocenters. The molecule has 1 N–H and O–H groups in total. The van der Waals surface area contributed by atoms with Gasteiger partial charge in [0.2, 0.25) is 0 Å². The van der Waals surface area contributed by atoms with Gasteiger partial charge in [0, 0.05) is 35.8 Å². The molecule has 0 unspecified atom stereocenters. The van der Waals surface area contributed by atoms with E-state index in [1.165, 1.54) is 4.90 Å². The van der Waals surface area contributed by atoms with Crippen LogP contribution in [-0.2, 0) is 6.18 Å². The van der Waals surface area contributed by atoms with Crippen molar-refractivity contribution in [3.8, 4) is 5.75 Å². The normalized spacial score (nSPS) is 15.6. The summed E-state index contributed by atoms with van der Waals surface area (Å²) in [5, 5.41) is 1.06. The molecule has 1 saturated heterocycles. The number of hydrogen-bond donors (Lipinski definition) is 1. The minimum Gasteiger partial charge on any atom is -0.497 e. The van der Waals surface area contributed by atoms with Crippen LogP contribution in [0.15, 0.2) is 42.6 Å². The molecule has 1 amide bonds. The molecule has 4 nitrogen and oxygen atoms in total. The first-order chi connectivity index (χ1) is 14.3. The minimum absolute atomic E-state index is 0.154. The maximum absolute atomic E-state index is 13.5. The quantitative estimate of drug-likeness (QED) is 0.581. The van der Waals surface area contributed by atoms with Gasteiger partial charge < -0.3 is 14.6 Å². The number of alkyl halides is 3. The second-order valence-corrected chi connectivity index (χ2v) is 7.41. The van der Waals surface area contributed by atoms with E-state index in [1.54, 1.807) is 7.11 Å². The zero-order valence-electron chi connectivity index (χ0n) is 16.2. The van der Waals surface area contributed by atoms with Crippen LogP contribution < -0.4 is 4.74 Å². The van der Waals surface area contributed by atoms with Crippen LogP contribution in [-0.4, -0.2) is 36.0 Å². The molecule has 1 aromatic heterocycles. The van der Waals surface area contributed by atoms with Gasteiger partial charge in [-0.2, -0.15) is 13.2 Å². The third-order valence-corrected chi connectivity index (χ3v) is 5.66. The summed E-state index contributed by atoms with van der Waals surface area (Å²) in [5.41, 5.74) is 0.558. The third-order valence-electron chi connectivity index (χ3n) is 5.66. The lowest BCUT2D eigenvalue weighted by atomic mass is 9.89. The molecule has 0 radical (unpaired) electrons. The van der Waals surface area contributed by atoms with Crippen molar-refractivity contribution < 1.29 is 27.1 Å². The molecule has 0 aliphatic carbocycles. The predicted molar refractivity (Wildman–Crippen MR) is 104 cm³/mol. The Kier molecular flexibility index (Phi) is 5.17. The Balaban J connectivity index is 1.49. The molecular weight excluding hydrogens is 400 g/mol. The summed E-state index contributed by atoms with van der Waals surface area (Å²) < 4.78 is 57.6. The van der Waals surface area contributed by atoms with E-state index in [2.05, 4.69) is 4.98 Å². The number of rotatable bonds is 3. The van der Waals surface area contributed by atoms with Crippen LogP contribution in [0.3, 0.4) is 0 Å². The van der Waals surface area contributed by atoms with E-state index in [1.807, 2.05) is 24.4 Å². The van der Waals surface area contributed by atoms with Crippen molar-refractivity contribution in [2.45, 2.75) is 24.9 Å². The Morgan fingerprint density at radius 2 is 1.87 bits per heavy atom. The van der Waals surface area contributed by atoms with Crippen LogP contribution in [0.5, 0.6) is 5.75 Å². The topological polar surface area (TPSA) is 45.3 Å². The van der Waals surface area contributed by atoms with E-state index in [0.29, 0.717) is 38.1 Å². The number of H-pyrrole nitrogens is 1. The zero-order valence-corrected chi connectivity index (χ0v) is 16.2. The number of aromatic amines is 1. The molecule has 2 aromatic carbocycles. The Labute approximate surface area is 170 Å². The van der Waals surface area contributed by atoms with Gasteiger partial charge in [-0.3, -0.25) is 4.79 Å². The highest BCUT2D eigenvalue weighted by Gasteiger charge is 2.35. The lowest BCUT2D eigenvalue weighted by Crippen LogP contribution is -2.38. The number of ether oxygens (including phenoxy) is 1. The largest absolute Gasteiger partial charge is 0.497 e. The highest BCUT2D eigenvalue weighted by atomic mass is 19.4. The number of halogens is 4. The molecule has 0 bridgehead atoms. The van der Waals surface area contributed by atoms with Crippen LogP contribution in [0, 0.1) is 5.82 Å². The average molecular weight is 420 g/mol. The summed E-state index contributed by atoms with van der Waals surface area (Å²) in [6, 6.07) is 8.18. The van der Waals surface area contributed by atoms with Gasteiger partial charge in [-0.15, -0.1) is 0 Å². The molecule has 0 spiro atoms. The SMILES string of the molecule is COc1ccc2[nH]cc(C3CCN(C(=O)c4ccc(F)c(C(F)(F)F)c4)CC3)c2c1. The molecule has 0 saturated carbocycles. The number of carbonyl (C=O) groups excluding carboxylic acids is 1. The number of hydrogen-bond acceptors (Lipinski definition) is 2. The molecule has 1 aliphatic rings. The number of likely N-dealkylation sites (tertiary alicyclic amines) is 1. The van der Waals surface area contributed by atoms with E-state index >= 15 is 0 Å². The fourth-order valence-electron chi connectivity index (χ4n) is 4.04. The van der Waals surface area contributed by atoms with E-state index < -0.39 is 23.5 Å². The highest BCUT2D eigenvalue weighted by molar-refractivity contribution is 5.94. The molecule has 30 heavy (non-hydrogen) atoms. The second kappa shape index (κ2) is 7.66. The molecule has 3 aromatic rings. The van der Waals surface area contributed by atoms with Gasteiger partial charge in [-0.1, -0.05) is 0 Å². The first-order valence-electron chi connectivity index (χ1n) is 9.59. The molecule has 1 fully saturated rings. The molecule has 4 rings (SSSR count). The maximum Gasteiger partial charge on any atom is 0.419 e. The number of piperidine rings is 1. The van der Waals surface area contributed by atoms with Crippen molar-refractivity contribution in [3.05, 3.63) is 65.1 Å². The fraction of sp³-hybridized carbons (Fsp3) is 0.318. The van der Waals surface area contributed by atoms with Gasteiger partial charge in [0.25, 0.3) is 5.91 Å². The van der Waals surface area contributed by atoms with Gasteiger partial charge in [0.1, 0.15) is 11.6 Å². The molecule has 1 aliphatic heterocycles. The van der Waals surface area contributed by atoms with E-state index in [4.69, 9.17) is 4.74 Å². The lowest BCUT2D eigenvalue weighted by molar-refractivity contribution is -0.140. The zero-order chi connectivity index (χ0) is 21.5. The number of aromatic nitrogens is 1. The Morgan fingerprint density at radius 3 is 2.53 bits per heavy atom. The van der Waals surface area contributed by atoms with Crippen LogP contribution in [0.2, 0.25) is 0 Å². The van der Waals surface area contributed by atoms with Gasteiger partial charge in [-0.25, -0.2) is 4.39 Å². The number of benzene rings is 2. The summed E-state index contributed by atoms with van der Waals surface area (Å²) >= 11 is 0. The first kappa shape index (κ1) is 20.3. The number of nitrogens with zero attached hydrogens (tertiary/aromatic N) is 1. The van der Waals surface area contributed by atoms with Gasteiger partial charge in [-0.05, 0) is 60.7 Å². The van der Waals surface area contributed by atoms with Crippen LogP contribution in [0.1, 0.15) is 40.2 Å². The maximum atomic E-state index is 13.5. The molecule has 2 heterocycles. The van der Waals surface area contributed by atoms with E-state index in [9.17, 15) is 22.4 Å². The van der Waals surface area contributed by atoms with Crippen LogP contribution in [0.25, 0.3) is 10.9 Å². The smallest absolute Gasteiger partial charge is 0.419 e. The lowest BCUT2D eigenvalue weighted by Gasteiger charge is -2.32.